The molecular weight excluding hydrogens is 158 g/mol. The average Bonchev–Trinajstić information content (AvgIpc) is 2.87. The van der Waals surface area contributed by atoms with Gasteiger partial charge in [0.25, 0.3) is 0 Å². The minimum atomic E-state index is 0.703. The molecule has 0 bridgehead atoms. The van der Waals surface area contributed by atoms with E-state index in [0.717, 1.165) is 17.9 Å². The maximum atomic E-state index is 3.69. The monoisotopic (exact) mass is 183 g/mol. The molecule has 1 nitrogen and oxygen atoms in total. The maximum absolute atomic E-state index is 3.69. The molecule has 1 aliphatic carbocycles. The molecule has 3 unspecified atom stereocenters. The van der Waals surface area contributed by atoms with Gasteiger partial charge in [-0.1, -0.05) is 33.6 Å². The normalized spacial score (nSPS) is 24.0. The van der Waals surface area contributed by atoms with Gasteiger partial charge in [-0.25, -0.2) is 0 Å². The second kappa shape index (κ2) is 4.99. The van der Waals surface area contributed by atoms with E-state index < -0.39 is 0 Å². The summed E-state index contributed by atoms with van der Waals surface area (Å²) in [7, 11) is 0. The van der Waals surface area contributed by atoms with Crippen molar-refractivity contribution in [1.29, 1.82) is 0 Å². The van der Waals surface area contributed by atoms with E-state index >= 15 is 0 Å². The molecule has 0 spiro atoms. The highest BCUT2D eigenvalue weighted by atomic mass is 15.0. The second-order valence-electron chi connectivity index (χ2n) is 4.85. The van der Waals surface area contributed by atoms with Crippen molar-refractivity contribution in [2.24, 2.45) is 11.8 Å². The van der Waals surface area contributed by atoms with Gasteiger partial charge < -0.3 is 5.32 Å². The van der Waals surface area contributed by atoms with E-state index in [4.69, 9.17) is 0 Å². The molecule has 0 aromatic rings. The number of hydrogen-bond donors (Lipinski definition) is 1. The third kappa shape index (κ3) is 3.68. The fraction of sp³-hybridized carbons (Fsp3) is 1.00. The van der Waals surface area contributed by atoms with Crippen molar-refractivity contribution in [3.8, 4) is 0 Å². The Bertz CT molecular complexity index is 140. The first-order chi connectivity index (χ1) is 6.15. The van der Waals surface area contributed by atoms with Crippen molar-refractivity contribution >= 4 is 0 Å². The lowest BCUT2D eigenvalue weighted by Crippen LogP contribution is -2.36. The third-order valence-electron chi connectivity index (χ3n) is 3.51. The maximum Gasteiger partial charge on any atom is 0.00708 e. The highest BCUT2D eigenvalue weighted by Crippen LogP contribution is 2.24. The van der Waals surface area contributed by atoms with Crippen molar-refractivity contribution in [2.75, 3.05) is 0 Å². The fourth-order valence-electron chi connectivity index (χ4n) is 1.98. The molecule has 1 saturated carbocycles. The van der Waals surface area contributed by atoms with Crippen molar-refractivity contribution < 1.29 is 0 Å². The van der Waals surface area contributed by atoms with Gasteiger partial charge in [-0.2, -0.15) is 0 Å². The van der Waals surface area contributed by atoms with Gasteiger partial charge in [0.1, 0.15) is 0 Å². The molecule has 0 aliphatic heterocycles. The van der Waals surface area contributed by atoms with E-state index in [9.17, 15) is 0 Å². The van der Waals surface area contributed by atoms with Gasteiger partial charge in [-0.3, -0.25) is 0 Å². The molecular formula is C12H25N. The quantitative estimate of drug-likeness (QED) is 0.667. The van der Waals surface area contributed by atoms with E-state index in [0.29, 0.717) is 6.04 Å². The van der Waals surface area contributed by atoms with E-state index in [2.05, 4.69) is 33.0 Å². The van der Waals surface area contributed by atoms with Crippen LogP contribution in [0, 0.1) is 11.8 Å². The van der Waals surface area contributed by atoms with Crippen LogP contribution in [-0.2, 0) is 0 Å². The number of rotatable bonds is 6. The van der Waals surface area contributed by atoms with Crippen LogP contribution < -0.4 is 5.32 Å². The number of nitrogens with one attached hydrogen (secondary N) is 1. The molecule has 1 heteroatoms. The molecule has 1 rings (SSSR count). The Balaban J connectivity index is 2.21. The van der Waals surface area contributed by atoms with Gasteiger partial charge in [0.15, 0.2) is 0 Å². The van der Waals surface area contributed by atoms with Crippen LogP contribution in [-0.4, -0.2) is 12.1 Å². The summed E-state index contributed by atoms with van der Waals surface area (Å²) in [4.78, 5) is 0. The molecule has 0 heterocycles. The summed E-state index contributed by atoms with van der Waals surface area (Å²) in [6.45, 7) is 9.40. The minimum Gasteiger partial charge on any atom is -0.311 e. The smallest absolute Gasteiger partial charge is 0.00708 e. The summed E-state index contributed by atoms with van der Waals surface area (Å²) in [5.74, 6) is 1.69. The Kier molecular flexibility index (Phi) is 4.24. The van der Waals surface area contributed by atoms with Gasteiger partial charge >= 0.3 is 0 Å². The van der Waals surface area contributed by atoms with Crippen molar-refractivity contribution in [2.45, 2.75) is 65.5 Å². The van der Waals surface area contributed by atoms with Crippen LogP contribution >= 0.6 is 0 Å². The van der Waals surface area contributed by atoms with Gasteiger partial charge in [0, 0.05) is 12.1 Å². The zero-order valence-corrected chi connectivity index (χ0v) is 9.64. The van der Waals surface area contributed by atoms with Crippen LogP contribution in [0.1, 0.15) is 53.4 Å². The minimum absolute atomic E-state index is 0.703. The van der Waals surface area contributed by atoms with Crippen molar-refractivity contribution in [1.82, 2.24) is 5.32 Å². The molecule has 1 fully saturated rings. The Hall–Kier alpha value is -0.0400. The molecule has 1 N–H and O–H groups in total. The molecule has 0 aromatic heterocycles. The first-order valence-corrected chi connectivity index (χ1v) is 5.91. The molecule has 0 aromatic carbocycles. The van der Waals surface area contributed by atoms with Gasteiger partial charge in [0.05, 0.1) is 0 Å². The van der Waals surface area contributed by atoms with E-state index in [1.165, 1.54) is 25.7 Å². The largest absolute Gasteiger partial charge is 0.311 e. The van der Waals surface area contributed by atoms with Crippen LogP contribution in [0.4, 0.5) is 0 Å². The van der Waals surface area contributed by atoms with E-state index in [1.54, 1.807) is 0 Å². The lowest BCUT2D eigenvalue weighted by Gasteiger charge is -2.26. The Morgan fingerprint density at radius 3 is 2.31 bits per heavy atom. The molecule has 0 saturated heterocycles. The predicted molar refractivity (Wildman–Crippen MR) is 58.9 cm³/mol. The summed E-state index contributed by atoms with van der Waals surface area (Å²) in [5, 5.41) is 3.69. The average molecular weight is 183 g/mol. The molecule has 78 valence electrons. The standard InChI is InChI=1S/C12H25N/c1-5-6-9(2)10(3)11(4)13-12-7-8-12/h9-13H,5-8H2,1-4H3. The molecule has 3 atom stereocenters. The summed E-state index contributed by atoms with van der Waals surface area (Å²) >= 11 is 0. The summed E-state index contributed by atoms with van der Waals surface area (Å²) in [6.07, 6.45) is 5.50. The van der Waals surface area contributed by atoms with Gasteiger partial charge in [-0.15, -0.1) is 0 Å². The topological polar surface area (TPSA) is 12.0 Å². The van der Waals surface area contributed by atoms with Crippen LogP contribution in [0.5, 0.6) is 0 Å². The zero-order valence-electron chi connectivity index (χ0n) is 9.64. The lowest BCUT2D eigenvalue weighted by atomic mass is 9.87. The van der Waals surface area contributed by atoms with Crippen LogP contribution in [0.3, 0.4) is 0 Å². The SMILES string of the molecule is CCCC(C)C(C)C(C)NC1CC1. The van der Waals surface area contributed by atoms with Crippen LogP contribution in [0.2, 0.25) is 0 Å². The van der Waals surface area contributed by atoms with E-state index in [-0.39, 0.29) is 0 Å². The summed E-state index contributed by atoms with van der Waals surface area (Å²) in [6, 6.07) is 1.56. The Morgan fingerprint density at radius 1 is 1.23 bits per heavy atom. The Morgan fingerprint density at radius 2 is 1.85 bits per heavy atom. The van der Waals surface area contributed by atoms with Crippen molar-refractivity contribution in [3.05, 3.63) is 0 Å². The van der Waals surface area contributed by atoms with Gasteiger partial charge in [0.2, 0.25) is 0 Å². The first-order valence-electron chi connectivity index (χ1n) is 5.91. The van der Waals surface area contributed by atoms with Crippen molar-refractivity contribution in [3.63, 3.8) is 0 Å². The molecule has 0 amide bonds. The zero-order chi connectivity index (χ0) is 9.84. The first kappa shape index (κ1) is 11.0. The van der Waals surface area contributed by atoms with Crippen LogP contribution in [0.15, 0.2) is 0 Å². The predicted octanol–water partition coefficient (Wildman–Crippen LogP) is 3.20. The van der Waals surface area contributed by atoms with Crippen LogP contribution in [0.25, 0.3) is 0 Å². The second-order valence-corrected chi connectivity index (χ2v) is 4.85. The summed E-state index contributed by atoms with van der Waals surface area (Å²) in [5.41, 5.74) is 0. The molecule has 1 aliphatic rings. The highest BCUT2D eigenvalue weighted by Gasteiger charge is 2.26. The molecule has 13 heavy (non-hydrogen) atoms. The highest BCUT2D eigenvalue weighted by molar-refractivity contribution is 4.85. The Labute approximate surface area is 83.3 Å². The number of hydrogen-bond acceptors (Lipinski definition) is 1. The molecule has 0 radical (unpaired) electrons. The lowest BCUT2D eigenvalue weighted by molar-refractivity contribution is 0.281. The van der Waals surface area contributed by atoms with Gasteiger partial charge in [-0.05, 0) is 31.6 Å². The summed E-state index contributed by atoms with van der Waals surface area (Å²) < 4.78 is 0. The van der Waals surface area contributed by atoms with E-state index in [1.807, 2.05) is 0 Å². The fourth-order valence-corrected chi connectivity index (χ4v) is 1.98. The third-order valence-corrected chi connectivity index (χ3v) is 3.51.